The van der Waals surface area contributed by atoms with Gasteiger partial charge in [0.2, 0.25) is 0 Å². The maximum atomic E-state index is 9.38. The van der Waals surface area contributed by atoms with E-state index < -0.39 is 10.2 Å². The van der Waals surface area contributed by atoms with Gasteiger partial charge in [0.25, 0.3) is 0 Å². The van der Waals surface area contributed by atoms with Gasteiger partial charge in [0.05, 0.1) is 26.3 Å². The van der Waals surface area contributed by atoms with Gasteiger partial charge in [-0.25, -0.2) is 29.9 Å². The molecule has 0 aromatic carbocycles. The minimum atomic E-state index is -1.75. The second-order valence-corrected chi connectivity index (χ2v) is 8.41. The average Bonchev–Trinajstić information content (AvgIpc) is 2.93. The Balaban J connectivity index is 0.000000299. The molecule has 0 aliphatic heterocycles. The second kappa shape index (κ2) is 17.8. The number of nitrogens with zero attached hydrogens (tertiary/aromatic N) is 8. The minimum absolute atomic E-state index is 0. The van der Waals surface area contributed by atoms with Crippen LogP contribution in [-0.4, -0.2) is 55.4 Å². The van der Waals surface area contributed by atoms with Crippen LogP contribution >= 0.6 is 0 Å². The first-order chi connectivity index (χ1) is 20.8. The number of aryl methyl sites for hydroxylation is 3. The van der Waals surface area contributed by atoms with Crippen LogP contribution in [0.25, 0.3) is 33.1 Å². The van der Waals surface area contributed by atoms with Crippen molar-refractivity contribution in [3.05, 3.63) is 121 Å². The van der Waals surface area contributed by atoms with Crippen LogP contribution in [0.5, 0.6) is 17.2 Å². The van der Waals surface area contributed by atoms with E-state index in [1.165, 1.54) is 0 Å². The zero-order valence-electron chi connectivity index (χ0n) is 23.6. The normalized spacial score (nSPS) is 9.40. The summed E-state index contributed by atoms with van der Waals surface area (Å²) in [6.45, 7) is 5.68. The van der Waals surface area contributed by atoms with Crippen LogP contribution in [-0.2, 0) is 16.8 Å². The molecule has 6 heterocycles. The van der Waals surface area contributed by atoms with Gasteiger partial charge in [-0.3, -0.25) is 0 Å². The number of hydrogen-bond donors (Lipinski definition) is 3. The largest absolute Gasteiger partial charge is 2.00 e. The zero-order chi connectivity index (χ0) is 32.8. The van der Waals surface area contributed by atoms with E-state index in [0.717, 1.165) is 17.1 Å². The first-order valence-electron chi connectivity index (χ1n) is 12.2. The predicted octanol–water partition coefficient (Wildman–Crippen LogP) is 4.45. The Kier molecular flexibility index (Phi) is 14.7. The molecule has 0 aliphatic rings. The predicted molar refractivity (Wildman–Crippen MR) is 159 cm³/mol. The maximum absolute atomic E-state index is 9.38. The zero-order valence-corrected chi connectivity index (χ0v) is 24.7. The molecule has 17 nitrogen and oxygen atoms in total. The van der Waals surface area contributed by atoms with Crippen molar-refractivity contribution in [2.24, 2.45) is 0 Å². The second-order valence-electron chi connectivity index (χ2n) is 8.41. The van der Waals surface area contributed by atoms with Gasteiger partial charge >= 0.3 is 16.8 Å². The molecule has 45 heavy (non-hydrogen) atoms. The van der Waals surface area contributed by atoms with Crippen molar-refractivity contribution >= 4 is 33.1 Å². The van der Waals surface area contributed by atoms with Gasteiger partial charge in [0.15, 0.2) is 16.9 Å². The number of aromatic nitrogens is 6. The maximum Gasteiger partial charge on any atom is 2.00 e. The smallest absolute Gasteiger partial charge is 0.507 e. The van der Waals surface area contributed by atoms with Crippen molar-refractivity contribution in [1.29, 1.82) is 0 Å². The molecule has 0 bridgehead atoms. The van der Waals surface area contributed by atoms with Crippen molar-refractivity contribution in [2.45, 2.75) is 20.8 Å². The third-order valence-electron chi connectivity index (χ3n) is 5.16. The van der Waals surface area contributed by atoms with Crippen LogP contribution in [0.3, 0.4) is 0 Å². The van der Waals surface area contributed by atoms with Crippen LogP contribution < -0.4 is 0 Å². The molecule has 6 aromatic rings. The number of rotatable bonds is 0. The molecule has 0 unspecified atom stereocenters. The van der Waals surface area contributed by atoms with E-state index in [2.05, 4.69) is 29.9 Å². The molecule has 0 amide bonds. The van der Waals surface area contributed by atoms with Crippen molar-refractivity contribution in [3.63, 3.8) is 0 Å². The van der Waals surface area contributed by atoms with Crippen LogP contribution in [0.15, 0.2) is 73.2 Å². The molecule has 0 spiro atoms. The van der Waals surface area contributed by atoms with E-state index in [1.54, 1.807) is 36.8 Å². The van der Waals surface area contributed by atoms with Crippen molar-refractivity contribution in [3.8, 4) is 17.2 Å². The fourth-order valence-electron chi connectivity index (χ4n) is 3.33. The van der Waals surface area contributed by atoms with E-state index in [4.69, 9.17) is 30.6 Å². The van der Waals surface area contributed by atoms with Gasteiger partial charge in [-0.1, -0.05) is 0 Å². The average molecular weight is 663 g/mol. The summed E-state index contributed by atoms with van der Waals surface area (Å²) in [4.78, 5) is 41.1. The van der Waals surface area contributed by atoms with Gasteiger partial charge in [-0.15, -0.1) is 0 Å². The molecule has 6 rings (SSSR count). The molecule has 0 atom stereocenters. The van der Waals surface area contributed by atoms with E-state index in [1.807, 2.05) is 57.2 Å². The molecular weight excluding hydrogens is 639 g/mol. The van der Waals surface area contributed by atoms with Gasteiger partial charge < -0.3 is 46.0 Å². The van der Waals surface area contributed by atoms with Gasteiger partial charge in [0, 0.05) is 35.7 Å². The third-order valence-corrected chi connectivity index (χ3v) is 5.16. The molecule has 18 heteroatoms. The van der Waals surface area contributed by atoms with E-state index >= 15 is 0 Å². The SMILES string of the molecule is Cc1ccc2c(O)ccnc2n1.Cc1ccc2c(O)ccnc2n1.Cc1ccc2c(O)ccnc2n1.O=[N+]([O-])[O-].O=[N+]([O-])[O-].[Co+2]. The van der Waals surface area contributed by atoms with Crippen molar-refractivity contribution < 1.29 is 42.3 Å². The fraction of sp³-hybridized carbons (Fsp3) is 0.111. The van der Waals surface area contributed by atoms with E-state index in [0.29, 0.717) is 33.1 Å². The molecule has 0 saturated carbocycles. The van der Waals surface area contributed by atoms with Gasteiger partial charge in [0.1, 0.15) is 17.2 Å². The standard InChI is InChI=1S/3C9H8N2O.Co.2NO3/c3*1-6-2-3-7-8(12)4-5-10-9(7)11-6;;2*2-1(3)4/h3*2-5H,1H3,(H,10,11,12);;;/q;;;+2;2*-1. The summed E-state index contributed by atoms with van der Waals surface area (Å²) >= 11 is 0. The summed E-state index contributed by atoms with van der Waals surface area (Å²) in [7, 11) is 0. The minimum Gasteiger partial charge on any atom is -0.507 e. The molecule has 1 radical (unpaired) electrons. The van der Waals surface area contributed by atoms with E-state index in [-0.39, 0.29) is 34.0 Å². The van der Waals surface area contributed by atoms with Crippen LogP contribution in [0.1, 0.15) is 17.1 Å². The molecule has 0 fully saturated rings. The van der Waals surface area contributed by atoms with E-state index in [9.17, 15) is 15.3 Å². The van der Waals surface area contributed by atoms with Crippen molar-refractivity contribution in [2.75, 3.05) is 0 Å². The molecular formula is C27H24CoN8O9. The Bertz CT molecular complexity index is 1680. The summed E-state index contributed by atoms with van der Waals surface area (Å²) in [6.07, 6.45) is 4.64. The quantitative estimate of drug-likeness (QED) is 0.150. The summed E-state index contributed by atoms with van der Waals surface area (Å²) in [5.41, 5.74) is 4.49. The summed E-state index contributed by atoms with van der Waals surface area (Å²) in [5.74, 6) is 0.688. The Labute approximate surface area is 264 Å². The fourth-order valence-corrected chi connectivity index (χ4v) is 3.33. The van der Waals surface area contributed by atoms with Crippen LogP contribution in [0, 0.1) is 51.4 Å². The Hall–Kier alpha value is -6.01. The van der Waals surface area contributed by atoms with Crippen molar-refractivity contribution in [1.82, 2.24) is 29.9 Å². The summed E-state index contributed by atoms with van der Waals surface area (Å²) in [5, 5.41) is 59.7. The Morgan fingerprint density at radius 2 is 0.711 bits per heavy atom. The number of fused-ring (bicyclic) bond motifs is 3. The Morgan fingerprint density at radius 3 is 0.933 bits per heavy atom. The first kappa shape index (κ1) is 37.0. The number of aromatic hydroxyl groups is 3. The monoisotopic (exact) mass is 663 g/mol. The van der Waals surface area contributed by atoms with Gasteiger partial charge in [-0.05, 0) is 75.4 Å². The molecule has 3 N–H and O–H groups in total. The van der Waals surface area contributed by atoms with Crippen LogP contribution in [0.2, 0.25) is 0 Å². The van der Waals surface area contributed by atoms with Gasteiger partial charge in [-0.2, -0.15) is 0 Å². The topological polar surface area (TPSA) is 270 Å². The third kappa shape index (κ3) is 12.4. The molecule has 0 aliphatic carbocycles. The molecule has 6 aromatic heterocycles. The summed E-state index contributed by atoms with van der Waals surface area (Å²) in [6, 6.07) is 15.7. The molecule has 0 saturated heterocycles. The van der Waals surface area contributed by atoms with Crippen LogP contribution in [0.4, 0.5) is 0 Å². The Morgan fingerprint density at radius 1 is 0.489 bits per heavy atom. The number of hydrogen-bond acceptors (Lipinski definition) is 15. The number of pyridine rings is 6. The first-order valence-corrected chi connectivity index (χ1v) is 12.2. The molecule has 235 valence electrons. The summed E-state index contributed by atoms with van der Waals surface area (Å²) < 4.78 is 0.